The highest BCUT2D eigenvalue weighted by atomic mass is 35.5. The Bertz CT molecular complexity index is 1100. The Morgan fingerprint density at radius 1 is 0.824 bits per heavy atom. The lowest BCUT2D eigenvalue weighted by atomic mass is 9.81. The molecule has 0 atom stereocenters. The fourth-order valence-electron chi connectivity index (χ4n) is 5.63. The number of allylic oxidation sites excluding steroid dienone is 4. The van der Waals surface area contributed by atoms with Gasteiger partial charge < -0.3 is 17.3 Å². The fourth-order valence-corrected chi connectivity index (χ4v) is 5.63. The topological polar surface area (TPSA) is 6.25 Å². The zero-order valence-electron chi connectivity index (χ0n) is 21.9. The van der Waals surface area contributed by atoms with Crippen LogP contribution in [0.25, 0.3) is 0 Å². The number of rotatable bonds is 8. The van der Waals surface area contributed by atoms with Crippen molar-refractivity contribution in [2.24, 2.45) is 0 Å². The van der Waals surface area contributed by atoms with E-state index in [-0.39, 0.29) is 23.2 Å². The van der Waals surface area contributed by atoms with Crippen LogP contribution in [0.5, 0.6) is 0 Å². The second-order valence-electron chi connectivity index (χ2n) is 10.6. The lowest BCUT2D eigenvalue weighted by Gasteiger charge is -2.27. The van der Waals surface area contributed by atoms with Gasteiger partial charge in [-0.05, 0) is 38.0 Å². The van der Waals surface area contributed by atoms with Crippen LogP contribution in [-0.2, 0) is 10.8 Å². The van der Waals surface area contributed by atoms with E-state index >= 15 is 0 Å². The molecule has 4 rings (SSSR count). The fraction of sp³-hybridized carbons (Fsp3) is 0.452. The molecule has 0 radical (unpaired) electrons. The Kier molecular flexibility index (Phi) is 8.14. The predicted molar refractivity (Wildman–Crippen MR) is 143 cm³/mol. The van der Waals surface area contributed by atoms with Crippen LogP contribution in [-0.4, -0.2) is 23.4 Å². The van der Waals surface area contributed by atoms with Crippen molar-refractivity contribution in [2.75, 3.05) is 18.0 Å². The molecule has 182 valence electrons. The summed E-state index contributed by atoms with van der Waals surface area (Å²) < 4.78 is 2.55. The van der Waals surface area contributed by atoms with Crippen LogP contribution < -0.4 is 17.3 Å². The number of hydrogen-bond acceptors (Lipinski definition) is 1. The van der Waals surface area contributed by atoms with Gasteiger partial charge in [-0.3, -0.25) is 0 Å². The SMILES string of the molecule is CCCCN1C(=CC=CC2=[N+](CCCC)c3ccccc3C2(C)C)C(C)(C)c2ccccc21.[Cl-]. The van der Waals surface area contributed by atoms with Crippen LogP contribution in [0, 0.1) is 0 Å². The van der Waals surface area contributed by atoms with Crippen LogP contribution in [0.1, 0.15) is 78.4 Å². The van der Waals surface area contributed by atoms with Crippen LogP contribution in [0.3, 0.4) is 0 Å². The second-order valence-corrected chi connectivity index (χ2v) is 10.6. The van der Waals surface area contributed by atoms with Crippen LogP contribution in [0.4, 0.5) is 11.4 Å². The first-order chi connectivity index (χ1) is 15.8. The molecular formula is C31H41ClN2. The van der Waals surface area contributed by atoms with E-state index in [0.29, 0.717) is 0 Å². The lowest BCUT2D eigenvalue weighted by Crippen LogP contribution is -3.00. The Morgan fingerprint density at radius 2 is 1.47 bits per heavy atom. The smallest absolute Gasteiger partial charge is 0.209 e. The molecular weight excluding hydrogens is 436 g/mol. The Labute approximate surface area is 213 Å². The summed E-state index contributed by atoms with van der Waals surface area (Å²) in [7, 11) is 0. The van der Waals surface area contributed by atoms with E-state index < -0.39 is 0 Å². The molecule has 2 aromatic rings. The standard InChI is InChI=1S/C31H41N2.ClH/c1-7-9-22-32-26-18-13-11-16-24(26)30(3,4)28(32)20-15-21-29-31(5,6)25-17-12-14-19-27(25)33(29)23-10-8-2;/h11-21H,7-10,22-23H2,1-6H3;1H/q+1;/p-1. The van der Waals surface area contributed by atoms with Gasteiger partial charge in [0.1, 0.15) is 6.54 Å². The summed E-state index contributed by atoms with van der Waals surface area (Å²) in [5.41, 5.74) is 8.45. The summed E-state index contributed by atoms with van der Waals surface area (Å²) in [5.74, 6) is 0. The van der Waals surface area contributed by atoms with Crippen molar-refractivity contribution < 1.29 is 17.0 Å². The monoisotopic (exact) mass is 476 g/mol. The first kappa shape index (κ1) is 26.3. The maximum absolute atomic E-state index is 2.55. The third kappa shape index (κ3) is 4.50. The van der Waals surface area contributed by atoms with E-state index in [1.165, 1.54) is 59.6 Å². The van der Waals surface area contributed by atoms with Crippen molar-refractivity contribution in [3.05, 3.63) is 83.6 Å². The molecule has 2 heterocycles. The highest BCUT2D eigenvalue weighted by molar-refractivity contribution is 6.03. The maximum atomic E-state index is 2.55. The van der Waals surface area contributed by atoms with Gasteiger partial charge >= 0.3 is 0 Å². The van der Waals surface area contributed by atoms with Crippen LogP contribution >= 0.6 is 0 Å². The zero-order chi connectivity index (χ0) is 23.6. The van der Waals surface area contributed by atoms with Crippen molar-refractivity contribution in [3.63, 3.8) is 0 Å². The Morgan fingerprint density at radius 3 is 2.18 bits per heavy atom. The van der Waals surface area contributed by atoms with Crippen molar-refractivity contribution in [1.82, 2.24) is 0 Å². The lowest BCUT2D eigenvalue weighted by molar-refractivity contribution is -0.438. The summed E-state index contributed by atoms with van der Waals surface area (Å²) in [6.45, 7) is 16.2. The van der Waals surface area contributed by atoms with Crippen molar-refractivity contribution in [3.8, 4) is 0 Å². The Hall–Kier alpha value is -2.32. The molecule has 0 saturated heterocycles. The minimum Gasteiger partial charge on any atom is -1.00 e. The normalized spacial score (nSPS) is 19.0. The summed E-state index contributed by atoms with van der Waals surface area (Å²) in [6, 6.07) is 17.9. The molecule has 0 unspecified atom stereocenters. The third-order valence-corrected chi connectivity index (χ3v) is 7.58. The van der Waals surface area contributed by atoms with E-state index in [1.807, 2.05) is 0 Å². The minimum atomic E-state index is 0. The van der Waals surface area contributed by atoms with Gasteiger partial charge in [-0.1, -0.05) is 83.0 Å². The second kappa shape index (κ2) is 10.5. The number of unbranched alkanes of at least 4 members (excludes halogenated alkanes) is 2. The van der Waals surface area contributed by atoms with Gasteiger partial charge in [-0.2, -0.15) is 4.58 Å². The highest BCUT2D eigenvalue weighted by Crippen LogP contribution is 2.47. The number of nitrogens with zero attached hydrogens (tertiary/aromatic N) is 2. The molecule has 2 aromatic carbocycles. The number of fused-ring (bicyclic) bond motifs is 2. The van der Waals surface area contributed by atoms with E-state index in [0.717, 1.165) is 13.1 Å². The van der Waals surface area contributed by atoms with Crippen LogP contribution in [0.2, 0.25) is 0 Å². The number of para-hydroxylation sites is 2. The number of anilines is 1. The maximum Gasteiger partial charge on any atom is 0.209 e. The molecule has 0 amide bonds. The average molecular weight is 477 g/mol. The summed E-state index contributed by atoms with van der Waals surface area (Å²) in [6.07, 6.45) is 11.9. The zero-order valence-corrected chi connectivity index (χ0v) is 22.6. The van der Waals surface area contributed by atoms with Crippen molar-refractivity contribution >= 4 is 17.1 Å². The molecule has 2 aliphatic heterocycles. The van der Waals surface area contributed by atoms with E-state index in [9.17, 15) is 0 Å². The van der Waals surface area contributed by atoms with Gasteiger partial charge in [0, 0.05) is 47.5 Å². The van der Waals surface area contributed by atoms with Gasteiger partial charge in [-0.25, -0.2) is 0 Å². The molecule has 0 N–H and O–H groups in total. The van der Waals surface area contributed by atoms with Gasteiger partial charge in [-0.15, -0.1) is 0 Å². The van der Waals surface area contributed by atoms with E-state index in [2.05, 4.69) is 118 Å². The van der Waals surface area contributed by atoms with E-state index in [1.54, 1.807) is 0 Å². The molecule has 34 heavy (non-hydrogen) atoms. The number of benzene rings is 2. The largest absolute Gasteiger partial charge is 1.00 e. The first-order valence-corrected chi connectivity index (χ1v) is 12.8. The molecule has 0 spiro atoms. The summed E-state index contributed by atoms with van der Waals surface area (Å²) in [4.78, 5) is 2.55. The average Bonchev–Trinajstić information content (AvgIpc) is 3.16. The molecule has 2 nitrogen and oxygen atoms in total. The third-order valence-electron chi connectivity index (χ3n) is 7.58. The number of halogens is 1. The molecule has 0 saturated carbocycles. The minimum absolute atomic E-state index is 0. The predicted octanol–water partition coefficient (Wildman–Crippen LogP) is 4.90. The number of hydrogen-bond donors (Lipinski definition) is 0. The van der Waals surface area contributed by atoms with Crippen molar-refractivity contribution in [1.29, 1.82) is 0 Å². The Balaban J connectivity index is 0.00000324. The molecule has 0 bridgehead atoms. The molecule has 2 aliphatic rings. The van der Waals surface area contributed by atoms with Gasteiger partial charge in [0.2, 0.25) is 5.69 Å². The quantitative estimate of drug-likeness (QED) is 0.491. The van der Waals surface area contributed by atoms with Crippen molar-refractivity contribution in [2.45, 2.75) is 78.1 Å². The molecule has 0 fully saturated rings. The van der Waals surface area contributed by atoms with Gasteiger partial charge in [0.25, 0.3) is 0 Å². The highest BCUT2D eigenvalue weighted by Gasteiger charge is 2.44. The first-order valence-electron chi connectivity index (χ1n) is 12.8. The molecule has 0 aromatic heterocycles. The van der Waals surface area contributed by atoms with Crippen LogP contribution in [0.15, 0.2) is 72.5 Å². The molecule has 3 heteroatoms. The summed E-state index contributed by atoms with van der Waals surface area (Å²) in [5, 5.41) is 0. The van der Waals surface area contributed by atoms with Gasteiger partial charge in [0.15, 0.2) is 5.71 Å². The summed E-state index contributed by atoms with van der Waals surface area (Å²) >= 11 is 0. The van der Waals surface area contributed by atoms with E-state index in [4.69, 9.17) is 0 Å². The van der Waals surface area contributed by atoms with Gasteiger partial charge in [0.05, 0.1) is 5.41 Å². The molecule has 0 aliphatic carbocycles.